The molecule has 0 radical (unpaired) electrons. The predicted molar refractivity (Wildman–Crippen MR) is 74.1 cm³/mol. The lowest BCUT2D eigenvalue weighted by Gasteiger charge is -2.31. The summed E-state index contributed by atoms with van der Waals surface area (Å²) in [6, 6.07) is 0. The molecule has 0 bridgehead atoms. The highest BCUT2D eigenvalue weighted by atomic mass is 16.1. The van der Waals surface area contributed by atoms with Crippen molar-refractivity contribution in [2.24, 2.45) is 17.6 Å². The lowest BCUT2D eigenvalue weighted by Crippen LogP contribution is -2.55. The Morgan fingerprint density at radius 2 is 2.00 bits per heavy atom. The van der Waals surface area contributed by atoms with Crippen LogP contribution in [0.2, 0.25) is 0 Å². The van der Waals surface area contributed by atoms with Gasteiger partial charge in [-0.3, -0.25) is 4.79 Å². The molecule has 2 aliphatic carbocycles. The maximum absolute atomic E-state index is 11.9. The van der Waals surface area contributed by atoms with Crippen molar-refractivity contribution < 1.29 is 4.79 Å². The predicted octanol–water partition coefficient (Wildman–Crippen LogP) is 2.59. The van der Waals surface area contributed by atoms with Crippen molar-refractivity contribution in [1.29, 1.82) is 0 Å². The molecule has 1 amide bonds. The standard InChI is InChI=1S/C15H28N2O/c1-2-4-12-5-3-9-15(10-8-12,14(16)18)17-11-13-6-7-13/h12-13,17H,2-11H2,1H3,(H2,16,18). The highest BCUT2D eigenvalue weighted by Crippen LogP contribution is 2.34. The van der Waals surface area contributed by atoms with Gasteiger partial charge in [0.25, 0.3) is 0 Å². The van der Waals surface area contributed by atoms with E-state index >= 15 is 0 Å². The number of nitrogens with two attached hydrogens (primary N) is 1. The maximum atomic E-state index is 11.9. The summed E-state index contributed by atoms with van der Waals surface area (Å²) in [5, 5.41) is 3.52. The van der Waals surface area contributed by atoms with Gasteiger partial charge in [0, 0.05) is 0 Å². The van der Waals surface area contributed by atoms with Crippen LogP contribution in [0, 0.1) is 11.8 Å². The number of hydrogen-bond acceptors (Lipinski definition) is 2. The maximum Gasteiger partial charge on any atom is 0.237 e. The monoisotopic (exact) mass is 252 g/mol. The molecular formula is C15H28N2O. The number of primary amides is 1. The van der Waals surface area contributed by atoms with Gasteiger partial charge in [-0.15, -0.1) is 0 Å². The molecule has 18 heavy (non-hydrogen) atoms. The van der Waals surface area contributed by atoms with Gasteiger partial charge in [-0.2, -0.15) is 0 Å². The van der Waals surface area contributed by atoms with Crippen LogP contribution >= 0.6 is 0 Å². The number of amides is 1. The van der Waals surface area contributed by atoms with Gasteiger partial charge in [0.1, 0.15) is 0 Å². The summed E-state index contributed by atoms with van der Waals surface area (Å²) in [5.41, 5.74) is 5.30. The third kappa shape index (κ3) is 3.47. The lowest BCUT2D eigenvalue weighted by atomic mass is 9.88. The van der Waals surface area contributed by atoms with Crippen molar-refractivity contribution >= 4 is 5.91 Å². The molecule has 3 N–H and O–H groups in total. The molecule has 104 valence electrons. The second-order valence-corrected chi connectivity index (χ2v) is 6.36. The molecule has 0 saturated heterocycles. The number of rotatable bonds is 6. The average molecular weight is 252 g/mol. The Hall–Kier alpha value is -0.570. The van der Waals surface area contributed by atoms with Crippen molar-refractivity contribution in [3.05, 3.63) is 0 Å². The molecule has 2 fully saturated rings. The van der Waals surface area contributed by atoms with Crippen LogP contribution in [0.3, 0.4) is 0 Å². The summed E-state index contributed by atoms with van der Waals surface area (Å²) in [7, 11) is 0. The Balaban J connectivity index is 1.93. The summed E-state index contributed by atoms with van der Waals surface area (Å²) in [6.07, 6.45) is 10.7. The van der Waals surface area contributed by atoms with Gasteiger partial charge in [-0.05, 0) is 50.5 Å². The molecule has 2 unspecified atom stereocenters. The van der Waals surface area contributed by atoms with E-state index in [0.29, 0.717) is 0 Å². The number of nitrogens with one attached hydrogen (secondary N) is 1. The van der Waals surface area contributed by atoms with E-state index in [1.165, 1.54) is 32.1 Å². The van der Waals surface area contributed by atoms with Crippen LogP contribution in [-0.4, -0.2) is 18.0 Å². The molecule has 0 spiro atoms. The minimum Gasteiger partial charge on any atom is -0.368 e. The second kappa shape index (κ2) is 6.05. The Morgan fingerprint density at radius 1 is 1.22 bits per heavy atom. The normalized spacial score (nSPS) is 33.1. The largest absolute Gasteiger partial charge is 0.368 e. The van der Waals surface area contributed by atoms with E-state index in [-0.39, 0.29) is 5.91 Å². The fraction of sp³-hybridized carbons (Fsp3) is 0.933. The van der Waals surface area contributed by atoms with Gasteiger partial charge in [0.2, 0.25) is 5.91 Å². The topological polar surface area (TPSA) is 55.1 Å². The van der Waals surface area contributed by atoms with E-state index in [2.05, 4.69) is 12.2 Å². The van der Waals surface area contributed by atoms with Gasteiger partial charge in [0.15, 0.2) is 0 Å². The van der Waals surface area contributed by atoms with Gasteiger partial charge >= 0.3 is 0 Å². The van der Waals surface area contributed by atoms with Gasteiger partial charge in [-0.25, -0.2) is 0 Å². The van der Waals surface area contributed by atoms with E-state index in [1.54, 1.807) is 0 Å². The average Bonchev–Trinajstić information content (AvgIpc) is 3.14. The molecule has 0 aromatic rings. The summed E-state index contributed by atoms with van der Waals surface area (Å²) in [6.45, 7) is 3.24. The minimum atomic E-state index is -0.398. The highest BCUT2D eigenvalue weighted by molar-refractivity contribution is 5.84. The van der Waals surface area contributed by atoms with Gasteiger partial charge in [-0.1, -0.05) is 32.6 Å². The van der Waals surface area contributed by atoms with Crippen molar-refractivity contribution in [3.63, 3.8) is 0 Å². The zero-order chi connectivity index (χ0) is 13.0. The molecule has 0 aromatic carbocycles. The first-order valence-electron chi connectivity index (χ1n) is 7.71. The molecule has 3 nitrogen and oxygen atoms in total. The molecule has 2 saturated carbocycles. The molecule has 2 rings (SSSR count). The lowest BCUT2D eigenvalue weighted by molar-refractivity contribution is -0.125. The van der Waals surface area contributed by atoms with Crippen LogP contribution in [0.5, 0.6) is 0 Å². The fourth-order valence-corrected chi connectivity index (χ4v) is 3.28. The van der Waals surface area contributed by atoms with Crippen LogP contribution in [-0.2, 0) is 4.79 Å². The van der Waals surface area contributed by atoms with Crippen LogP contribution < -0.4 is 11.1 Å². The Kier molecular flexibility index (Phi) is 4.66. The quantitative estimate of drug-likeness (QED) is 0.714. The van der Waals surface area contributed by atoms with Crippen molar-refractivity contribution in [3.8, 4) is 0 Å². The Morgan fingerprint density at radius 3 is 2.61 bits per heavy atom. The zero-order valence-corrected chi connectivity index (χ0v) is 11.7. The van der Waals surface area contributed by atoms with Crippen LogP contribution in [0.4, 0.5) is 0 Å². The summed E-state index contributed by atoms with van der Waals surface area (Å²) >= 11 is 0. The molecule has 0 aromatic heterocycles. The van der Waals surface area contributed by atoms with Crippen LogP contribution in [0.1, 0.15) is 64.7 Å². The van der Waals surface area contributed by atoms with E-state index < -0.39 is 5.54 Å². The fourth-order valence-electron chi connectivity index (χ4n) is 3.28. The minimum absolute atomic E-state index is 0.125. The Bertz CT molecular complexity index is 288. The van der Waals surface area contributed by atoms with E-state index in [9.17, 15) is 4.79 Å². The summed E-state index contributed by atoms with van der Waals surface area (Å²) in [4.78, 5) is 11.9. The van der Waals surface area contributed by atoms with Crippen molar-refractivity contribution in [1.82, 2.24) is 5.32 Å². The molecule has 0 heterocycles. The number of carbonyl (C=O) groups excluding carboxylic acids is 1. The first-order chi connectivity index (χ1) is 8.66. The molecule has 2 aliphatic rings. The van der Waals surface area contributed by atoms with Crippen LogP contribution in [0.25, 0.3) is 0 Å². The second-order valence-electron chi connectivity index (χ2n) is 6.36. The first-order valence-corrected chi connectivity index (χ1v) is 7.71. The van der Waals surface area contributed by atoms with E-state index in [1.807, 2.05) is 0 Å². The Labute approximate surface area is 111 Å². The molecule has 0 aliphatic heterocycles. The summed E-state index contributed by atoms with van der Waals surface area (Å²) < 4.78 is 0. The van der Waals surface area contributed by atoms with Crippen molar-refractivity contribution in [2.45, 2.75) is 70.3 Å². The zero-order valence-electron chi connectivity index (χ0n) is 11.7. The first kappa shape index (κ1) is 13.9. The van der Waals surface area contributed by atoms with Crippen LogP contribution in [0.15, 0.2) is 0 Å². The SMILES string of the molecule is CCCC1CCCC(NCC2CC2)(C(N)=O)CC1. The van der Waals surface area contributed by atoms with E-state index in [0.717, 1.165) is 44.1 Å². The van der Waals surface area contributed by atoms with E-state index in [4.69, 9.17) is 5.73 Å². The highest BCUT2D eigenvalue weighted by Gasteiger charge is 2.39. The molecule has 2 atom stereocenters. The van der Waals surface area contributed by atoms with Crippen molar-refractivity contribution in [2.75, 3.05) is 6.54 Å². The number of carbonyl (C=O) groups is 1. The smallest absolute Gasteiger partial charge is 0.237 e. The summed E-state index contributed by atoms with van der Waals surface area (Å²) in [5.74, 6) is 1.48. The van der Waals surface area contributed by atoms with Gasteiger partial charge < -0.3 is 11.1 Å². The third-order valence-corrected chi connectivity index (χ3v) is 4.79. The molecule has 3 heteroatoms. The number of hydrogen-bond donors (Lipinski definition) is 2. The third-order valence-electron chi connectivity index (χ3n) is 4.79. The molecular weight excluding hydrogens is 224 g/mol. The van der Waals surface area contributed by atoms with Gasteiger partial charge in [0.05, 0.1) is 5.54 Å².